The van der Waals surface area contributed by atoms with Crippen LogP contribution >= 0.6 is 0 Å². The smallest absolute Gasteiger partial charge is 0.317 e. The molecule has 0 aromatic rings. The molecule has 3 amide bonds. The van der Waals surface area contributed by atoms with Gasteiger partial charge in [0, 0.05) is 32.2 Å². The lowest BCUT2D eigenvalue weighted by Crippen LogP contribution is -2.51. The molecule has 0 aliphatic carbocycles. The Morgan fingerprint density at radius 1 is 1.42 bits per heavy atom. The van der Waals surface area contributed by atoms with Gasteiger partial charge < -0.3 is 20.9 Å². The number of nitrogens with one attached hydrogen (secondary N) is 1. The van der Waals surface area contributed by atoms with Gasteiger partial charge in [0.15, 0.2) is 0 Å². The zero-order valence-corrected chi connectivity index (χ0v) is 11.6. The lowest BCUT2D eigenvalue weighted by atomic mass is 10.0. The van der Waals surface area contributed by atoms with Crippen molar-refractivity contribution in [3.05, 3.63) is 0 Å². The van der Waals surface area contributed by atoms with Gasteiger partial charge >= 0.3 is 6.03 Å². The number of nitrogens with zero attached hydrogens (tertiary/aromatic N) is 2. The fourth-order valence-corrected chi connectivity index (χ4v) is 2.90. The molecule has 0 spiro atoms. The number of carbonyl (C=O) groups is 2. The summed E-state index contributed by atoms with van der Waals surface area (Å²) in [4.78, 5) is 27.4. The van der Waals surface area contributed by atoms with Crippen LogP contribution in [0.3, 0.4) is 0 Å². The minimum Gasteiger partial charge on any atom is -0.341 e. The highest BCUT2D eigenvalue weighted by Crippen LogP contribution is 2.19. The number of hydrogen-bond acceptors (Lipinski definition) is 3. The zero-order chi connectivity index (χ0) is 13.8. The fraction of sp³-hybridized carbons (Fsp3) is 0.846. The Kier molecular flexibility index (Phi) is 4.63. The molecule has 6 heteroatoms. The molecular weight excluding hydrogens is 244 g/mol. The predicted molar refractivity (Wildman–Crippen MR) is 72.6 cm³/mol. The number of rotatable bonds is 4. The summed E-state index contributed by atoms with van der Waals surface area (Å²) in [6.45, 7) is 4.98. The van der Waals surface area contributed by atoms with E-state index in [4.69, 9.17) is 5.73 Å². The van der Waals surface area contributed by atoms with Crippen LogP contribution in [0.2, 0.25) is 0 Å². The molecule has 2 aliphatic rings. The summed E-state index contributed by atoms with van der Waals surface area (Å²) in [6.07, 6.45) is 3.39. The lowest BCUT2D eigenvalue weighted by Gasteiger charge is -2.37. The Hall–Kier alpha value is -1.30. The molecule has 2 rings (SSSR count). The van der Waals surface area contributed by atoms with Gasteiger partial charge in [0.2, 0.25) is 5.91 Å². The van der Waals surface area contributed by atoms with Crippen LogP contribution in [0.4, 0.5) is 4.79 Å². The number of hydrogen-bond donors (Lipinski definition) is 2. The third-order valence-corrected chi connectivity index (χ3v) is 4.02. The Morgan fingerprint density at radius 3 is 2.63 bits per heavy atom. The molecule has 108 valence electrons. The maximum atomic E-state index is 12.1. The third kappa shape index (κ3) is 3.18. The van der Waals surface area contributed by atoms with E-state index in [2.05, 4.69) is 5.32 Å². The van der Waals surface area contributed by atoms with Crippen molar-refractivity contribution in [2.45, 2.75) is 44.7 Å². The Labute approximate surface area is 114 Å². The minimum atomic E-state index is -0.364. The average Bonchev–Trinajstić information content (AvgIpc) is 2.84. The monoisotopic (exact) mass is 268 g/mol. The van der Waals surface area contributed by atoms with Crippen LogP contribution in [0.15, 0.2) is 0 Å². The van der Waals surface area contributed by atoms with Gasteiger partial charge in [0.05, 0.1) is 6.04 Å². The second kappa shape index (κ2) is 6.23. The van der Waals surface area contributed by atoms with Crippen LogP contribution in [-0.2, 0) is 4.79 Å². The molecule has 0 aromatic heterocycles. The molecule has 2 saturated heterocycles. The first-order valence-corrected chi connectivity index (χ1v) is 7.22. The van der Waals surface area contributed by atoms with E-state index < -0.39 is 0 Å². The fourth-order valence-electron chi connectivity index (χ4n) is 2.90. The van der Waals surface area contributed by atoms with Gasteiger partial charge in [0.25, 0.3) is 0 Å². The van der Waals surface area contributed by atoms with E-state index in [1.807, 2.05) is 16.7 Å². The summed E-state index contributed by atoms with van der Waals surface area (Å²) >= 11 is 0. The largest absolute Gasteiger partial charge is 0.341 e. The number of carbonyl (C=O) groups excluding carboxylic acids is 2. The highest BCUT2D eigenvalue weighted by molar-refractivity contribution is 5.81. The first-order valence-electron chi connectivity index (χ1n) is 7.22. The van der Waals surface area contributed by atoms with Crippen LogP contribution in [0, 0.1) is 0 Å². The molecule has 0 aromatic carbocycles. The molecule has 0 radical (unpaired) electrons. The number of urea groups is 1. The van der Waals surface area contributed by atoms with Crippen molar-refractivity contribution in [3.8, 4) is 0 Å². The van der Waals surface area contributed by atoms with Crippen molar-refractivity contribution in [1.82, 2.24) is 15.1 Å². The highest BCUT2D eigenvalue weighted by Gasteiger charge is 2.32. The molecule has 1 atom stereocenters. The summed E-state index contributed by atoms with van der Waals surface area (Å²) in [5.41, 5.74) is 5.87. The van der Waals surface area contributed by atoms with Gasteiger partial charge in [0.1, 0.15) is 0 Å². The van der Waals surface area contributed by atoms with Gasteiger partial charge in [-0.05, 0) is 19.3 Å². The molecule has 0 saturated carbocycles. The maximum absolute atomic E-state index is 12.1. The van der Waals surface area contributed by atoms with E-state index in [1.54, 1.807) is 0 Å². The van der Waals surface area contributed by atoms with Crippen molar-refractivity contribution >= 4 is 11.9 Å². The quantitative estimate of drug-likeness (QED) is 0.760. The first-order chi connectivity index (χ1) is 9.13. The van der Waals surface area contributed by atoms with E-state index in [0.29, 0.717) is 13.1 Å². The number of piperidine rings is 1. The van der Waals surface area contributed by atoms with Crippen LogP contribution < -0.4 is 11.1 Å². The second-order valence-corrected chi connectivity index (χ2v) is 5.38. The molecule has 2 aliphatic heterocycles. The first kappa shape index (κ1) is 14.1. The SMILES string of the molecule is CCC[C@H](N)C(=O)N1CCC(N2CCNC2=O)CC1. The highest BCUT2D eigenvalue weighted by atomic mass is 16.2. The molecule has 0 unspecified atom stereocenters. The molecule has 0 bridgehead atoms. The zero-order valence-electron chi connectivity index (χ0n) is 11.6. The van der Waals surface area contributed by atoms with Crippen LogP contribution in [0.1, 0.15) is 32.6 Å². The Morgan fingerprint density at radius 2 is 2.11 bits per heavy atom. The Balaban J connectivity index is 1.82. The van der Waals surface area contributed by atoms with E-state index in [9.17, 15) is 9.59 Å². The van der Waals surface area contributed by atoms with Gasteiger partial charge in [-0.15, -0.1) is 0 Å². The Bertz CT molecular complexity index is 340. The minimum absolute atomic E-state index is 0.0347. The molecule has 2 fully saturated rings. The predicted octanol–water partition coefficient (Wildman–Crippen LogP) is 0.130. The normalized spacial score (nSPS) is 22.5. The number of nitrogens with two attached hydrogens (primary N) is 1. The van der Waals surface area contributed by atoms with Crippen LogP contribution in [0.5, 0.6) is 0 Å². The average molecular weight is 268 g/mol. The molecule has 3 N–H and O–H groups in total. The van der Waals surface area contributed by atoms with Gasteiger partial charge in [-0.1, -0.05) is 13.3 Å². The maximum Gasteiger partial charge on any atom is 0.317 e. The lowest BCUT2D eigenvalue weighted by molar-refractivity contribution is -0.134. The number of amides is 3. The van der Waals surface area contributed by atoms with Crippen molar-refractivity contribution in [1.29, 1.82) is 0 Å². The number of likely N-dealkylation sites (tertiary alicyclic amines) is 1. The summed E-state index contributed by atoms with van der Waals surface area (Å²) in [5.74, 6) is 0.0613. The van der Waals surface area contributed by atoms with E-state index in [1.165, 1.54) is 0 Å². The van der Waals surface area contributed by atoms with Crippen molar-refractivity contribution < 1.29 is 9.59 Å². The second-order valence-electron chi connectivity index (χ2n) is 5.38. The van der Waals surface area contributed by atoms with Gasteiger partial charge in [-0.2, -0.15) is 0 Å². The standard InChI is InChI=1S/C13H24N4O2/c1-2-3-11(14)12(18)16-7-4-10(5-8-16)17-9-6-15-13(17)19/h10-11H,2-9,14H2,1H3,(H,15,19)/t11-/m0/s1. The summed E-state index contributed by atoms with van der Waals surface area (Å²) < 4.78 is 0. The topological polar surface area (TPSA) is 78.7 Å². The van der Waals surface area contributed by atoms with E-state index >= 15 is 0 Å². The summed E-state index contributed by atoms with van der Waals surface area (Å²) in [7, 11) is 0. The van der Waals surface area contributed by atoms with E-state index in [-0.39, 0.29) is 24.0 Å². The third-order valence-electron chi connectivity index (χ3n) is 4.02. The van der Waals surface area contributed by atoms with Gasteiger partial charge in [-0.3, -0.25) is 4.79 Å². The van der Waals surface area contributed by atoms with Crippen molar-refractivity contribution in [3.63, 3.8) is 0 Å². The summed E-state index contributed by atoms with van der Waals surface area (Å²) in [5, 5.41) is 2.82. The van der Waals surface area contributed by atoms with E-state index in [0.717, 1.165) is 38.8 Å². The molecule has 2 heterocycles. The van der Waals surface area contributed by atoms with Crippen molar-refractivity contribution in [2.24, 2.45) is 5.73 Å². The van der Waals surface area contributed by atoms with Crippen LogP contribution in [-0.4, -0.2) is 60.0 Å². The van der Waals surface area contributed by atoms with Crippen molar-refractivity contribution in [2.75, 3.05) is 26.2 Å². The molecule has 6 nitrogen and oxygen atoms in total. The van der Waals surface area contributed by atoms with Gasteiger partial charge in [-0.25, -0.2) is 4.79 Å². The summed E-state index contributed by atoms with van der Waals surface area (Å²) in [6, 6.07) is -0.0574. The molecule has 19 heavy (non-hydrogen) atoms. The van der Waals surface area contributed by atoms with Crippen LogP contribution in [0.25, 0.3) is 0 Å². The molecular formula is C13H24N4O2.